The van der Waals surface area contributed by atoms with Gasteiger partial charge < -0.3 is 24.5 Å². The van der Waals surface area contributed by atoms with Crippen LogP contribution < -0.4 is 4.90 Å². The smallest absolute Gasteiger partial charge is 0.253 e. The summed E-state index contributed by atoms with van der Waals surface area (Å²) in [5.41, 5.74) is -0.840. The summed E-state index contributed by atoms with van der Waals surface area (Å²) in [7, 11) is 0. The van der Waals surface area contributed by atoms with Crippen molar-refractivity contribution in [2.24, 2.45) is 17.8 Å². The van der Waals surface area contributed by atoms with Gasteiger partial charge in [-0.1, -0.05) is 80.1 Å². The molecule has 1 N–H and O–H groups in total. The molecule has 2 bridgehead atoms. The van der Waals surface area contributed by atoms with Crippen molar-refractivity contribution < 1.29 is 24.2 Å². The first-order valence-corrected chi connectivity index (χ1v) is 16.2. The first-order valence-electron chi connectivity index (χ1n) is 15.8. The maximum atomic E-state index is 15.0. The van der Waals surface area contributed by atoms with Gasteiger partial charge >= 0.3 is 0 Å². The quantitative estimate of drug-likeness (QED) is 0.317. The van der Waals surface area contributed by atoms with Gasteiger partial charge in [0.25, 0.3) is 5.91 Å². The van der Waals surface area contributed by atoms with Crippen LogP contribution in [0.1, 0.15) is 39.2 Å². The van der Waals surface area contributed by atoms with Crippen molar-refractivity contribution in [2.75, 3.05) is 31.1 Å². The van der Waals surface area contributed by atoms with E-state index in [-0.39, 0.29) is 36.8 Å². The average Bonchev–Trinajstić information content (AvgIpc) is 3.55. The highest BCUT2D eigenvalue weighted by molar-refractivity contribution is 6.34. The number of para-hydroxylation sites is 1. The molecule has 5 rings (SSSR count). The molecule has 0 radical (unpaired) electrons. The zero-order valence-corrected chi connectivity index (χ0v) is 27.2. The Labute approximate surface area is 271 Å². The van der Waals surface area contributed by atoms with E-state index in [2.05, 4.69) is 13.2 Å². The number of benzene rings is 2. The van der Waals surface area contributed by atoms with Gasteiger partial charge in [-0.2, -0.15) is 0 Å². The number of likely N-dealkylation sites (tertiary alicyclic amines) is 1. The second-order valence-electron chi connectivity index (χ2n) is 12.7. The molecule has 3 aliphatic heterocycles. The number of ether oxygens (including phenoxy) is 1. The summed E-state index contributed by atoms with van der Waals surface area (Å²) in [5.74, 6) is -2.71. The van der Waals surface area contributed by atoms with Crippen molar-refractivity contribution in [3.8, 4) is 0 Å². The second-order valence-corrected chi connectivity index (χ2v) is 13.1. The molecule has 3 unspecified atom stereocenters. The number of aliphatic hydroxyl groups is 1. The summed E-state index contributed by atoms with van der Waals surface area (Å²) >= 11 is 6.62. The van der Waals surface area contributed by atoms with E-state index in [0.717, 1.165) is 12.0 Å². The van der Waals surface area contributed by atoms with E-state index < -0.39 is 35.1 Å². The van der Waals surface area contributed by atoms with Gasteiger partial charge in [-0.05, 0) is 49.8 Å². The molecule has 7 atom stereocenters. The molecule has 3 heterocycles. The molecular weight excluding hydrogens is 590 g/mol. The van der Waals surface area contributed by atoms with Gasteiger partial charge in [-0.25, -0.2) is 0 Å². The van der Waals surface area contributed by atoms with Crippen molar-refractivity contribution >= 4 is 35.0 Å². The fraction of sp³-hybridized carbons (Fsp3) is 0.472. The highest BCUT2D eigenvalue weighted by Gasteiger charge is 2.80. The van der Waals surface area contributed by atoms with E-state index in [1.165, 1.54) is 9.80 Å². The van der Waals surface area contributed by atoms with Crippen LogP contribution in [0.15, 0.2) is 79.9 Å². The maximum absolute atomic E-state index is 15.0. The van der Waals surface area contributed by atoms with Gasteiger partial charge in [0, 0.05) is 19.6 Å². The number of nitrogens with zero attached hydrogens (tertiary/aromatic N) is 3. The van der Waals surface area contributed by atoms with Gasteiger partial charge in [0.15, 0.2) is 0 Å². The minimum absolute atomic E-state index is 0.118. The van der Waals surface area contributed by atoms with Crippen molar-refractivity contribution in [3.05, 3.63) is 90.5 Å². The highest BCUT2D eigenvalue weighted by atomic mass is 35.5. The molecule has 3 saturated heterocycles. The molecule has 0 saturated carbocycles. The van der Waals surface area contributed by atoms with Crippen LogP contribution in [0.2, 0.25) is 5.02 Å². The summed E-state index contributed by atoms with van der Waals surface area (Å²) in [6.07, 6.45) is 4.80. The molecule has 3 aliphatic rings. The maximum Gasteiger partial charge on any atom is 0.253 e. The molecule has 1 spiro atoms. The third-order valence-electron chi connectivity index (χ3n) is 10.0. The van der Waals surface area contributed by atoms with Gasteiger partial charge in [0.05, 0.1) is 40.8 Å². The Balaban J connectivity index is 1.67. The normalized spacial score (nSPS) is 28.9. The van der Waals surface area contributed by atoms with E-state index >= 15 is 4.79 Å². The number of amides is 3. The van der Waals surface area contributed by atoms with E-state index in [4.69, 9.17) is 16.3 Å². The number of anilines is 1. The number of rotatable bonds is 13. The number of halogens is 1. The SMILES string of the molecule is C=CCN(CCC)C(=O)[C@@H]1[C@H]2C(=O)N([C@@H](CO)Cc3ccccc3)C(C(=O)N(CC=C)c3ccccc3Cl)C23CC(C)[C@@]1(C)O3. The van der Waals surface area contributed by atoms with E-state index in [1.54, 1.807) is 41.3 Å². The predicted octanol–water partition coefficient (Wildman–Crippen LogP) is 4.90. The zero-order valence-electron chi connectivity index (χ0n) is 26.4. The van der Waals surface area contributed by atoms with E-state index in [0.29, 0.717) is 36.6 Å². The number of carbonyl (C=O) groups excluding carboxylic acids is 3. The fourth-order valence-electron chi connectivity index (χ4n) is 8.03. The molecule has 2 aromatic rings. The predicted molar refractivity (Wildman–Crippen MR) is 176 cm³/mol. The Kier molecular flexibility index (Phi) is 9.59. The minimum Gasteiger partial charge on any atom is -0.394 e. The monoisotopic (exact) mass is 633 g/mol. The standard InChI is InChI=1S/C36H44ClN3O5/c1-6-18-38(19-7-2)32(42)29-30-33(43)40(26(23-41)21-25-14-10-9-11-15-25)31(36(30)22-24(4)35(29,5)45-36)34(44)39(20-8-3)28-17-13-12-16-27(28)37/h6,8-17,24,26,29-31,41H,1,3,7,18-23H2,2,4-5H3/t24?,26-,29+,30+,31?,35-,36?/m1/s1. The Bertz CT molecular complexity index is 1450. The van der Waals surface area contributed by atoms with E-state index in [1.807, 2.05) is 51.1 Å². The van der Waals surface area contributed by atoms with Crippen LogP contribution >= 0.6 is 11.6 Å². The molecule has 2 aromatic carbocycles. The third kappa shape index (κ3) is 5.41. The molecule has 0 aliphatic carbocycles. The first-order chi connectivity index (χ1) is 21.6. The molecule has 45 heavy (non-hydrogen) atoms. The Morgan fingerprint density at radius 2 is 1.78 bits per heavy atom. The minimum atomic E-state index is -1.28. The van der Waals surface area contributed by atoms with Gasteiger partial charge in [-0.15, -0.1) is 13.2 Å². The van der Waals surface area contributed by atoms with Gasteiger partial charge in [0.1, 0.15) is 11.6 Å². The molecule has 8 nitrogen and oxygen atoms in total. The Morgan fingerprint density at radius 1 is 1.11 bits per heavy atom. The highest BCUT2D eigenvalue weighted by Crippen LogP contribution is 2.66. The fourth-order valence-corrected chi connectivity index (χ4v) is 8.27. The molecule has 3 fully saturated rings. The van der Waals surface area contributed by atoms with Crippen molar-refractivity contribution in [1.82, 2.24) is 9.80 Å². The molecule has 3 amide bonds. The Morgan fingerprint density at radius 3 is 2.40 bits per heavy atom. The summed E-state index contributed by atoms with van der Waals surface area (Å²) in [6, 6.07) is 14.8. The lowest BCUT2D eigenvalue weighted by atomic mass is 9.62. The van der Waals surface area contributed by atoms with Crippen LogP contribution in [-0.2, 0) is 25.5 Å². The number of fused-ring (bicyclic) bond motifs is 1. The molecule has 0 aromatic heterocycles. The number of carbonyl (C=O) groups is 3. The lowest BCUT2D eigenvalue weighted by Crippen LogP contribution is -2.59. The lowest BCUT2D eigenvalue weighted by Gasteiger charge is -2.39. The second kappa shape index (κ2) is 13.1. The van der Waals surface area contributed by atoms with Crippen LogP contribution in [0.25, 0.3) is 0 Å². The molecule has 240 valence electrons. The zero-order chi connectivity index (χ0) is 32.5. The summed E-state index contributed by atoms with van der Waals surface area (Å²) < 4.78 is 6.97. The lowest BCUT2D eigenvalue weighted by molar-refractivity contribution is -0.153. The Hall–Kier alpha value is -3.46. The van der Waals surface area contributed by atoms with Gasteiger partial charge in [-0.3, -0.25) is 14.4 Å². The number of hydrogen-bond acceptors (Lipinski definition) is 5. The third-order valence-corrected chi connectivity index (χ3v) is 10.4. The van der Waals surface area contributed by atoms with E-state index in [9.17, 15) is 14.7 Å². The summed E-state index contributed by atoms with van der Waals surface area (Å²) in [6.45, 7) is 14.3. The van der Waals surface area contributed by atoms with Crippen LogP contribution in [0.3, 0.4) is 0 Å². The van der Waals surface area contributed by atoms with Crippen molar-refractivity contribution in [2.45, 2.75) is 63.3 Å². The number of hydrogen-bond donors (Lipinski definition) is 1. The van der Waals surface area contributed by atoms with Crippen molar-refractivity contribution in [3.63, 3.8) is 0 Å². The average molecular weight is 634 g/mol. The van der Waals surface area contributed by atoms with Crippen LogP contribution in [0.4, 0.5) is 5.69 Å². The topological polar surface area (TPSA) is 90.4 Å². The summed E-state index contributed by atoms with van der Waals surface area (Å²) in [5, 5.41) is 11.2. The molecular formula is C36H44ClN3O5. The van der Waals surface area contributed by atoms with Crippen LogP contribution in [0.5, 0.6) is 0 Å². The largest absolute Gasteiger partial charge is 0.394 e. The number of aliphatic hydroxyl groups excluding tert-OH is 1. The van der Waals surface area contributed by atoms with Crippen LogP contribution in [-0.4, -0.2) is 82.2 Å². The van der Waals surface area contributed by atoms with Gasteiger partial charge in [0.2, 0.25) is 11.8 Å². The van der Waals surface area contributed by atoms with Crippen molar-refractivity contribution in [1.29, 1.82) is 0 Å². The summed E-state index contributed by atoms with van der Waals surface area (Å²) in [4.78, 5) is 49.1. The first kappa shape index (κ1) is 32.9. The van der Waals surface area contributed by atoms with Crippen LogP contribution in [0, 0.1) is 17.8 Å². The molecule has 9 heteroatoms.